The number of hydrogen-bond acceptors (Lipinski definition) is 0. The van der Waals surface area contributed by atoms with Crippen LogP contribution >= 0.6 is 0 Å². The minimum absolute atomic E-state index is 0.225. The van der Waals surface area contributed by atoms with E-state index in [0.29, 0.717) is 0 Å². The van der Waals surface area contributed by atoms with Gasteiger partial charge in [-0.25, -0.2) is 0 Å². The summed E-state index contributed by atoms with van der Waals surface area (Å²) in [5.41, 5.74) is 11.2. The van der Waals surface area contributed by atoms with Gasteiger partial charge in [0.25, 0.3) is 0 Å². The SMILES string of the molecule is Cc1cc(C(C)(C)C)cc2c1CCc1ccc(C(C)(C)C)cc1CCC2. The molecule has 1 aliphatic carbocycles. The summed E-state index contributed by atoms with van der Waals surface area (Å²) in [5, 5.41) is 0. The van der Waals surface area contributed by atoms with E-state index in [1.165, 1.54) is 48.8 Å². The lowest BCUT2D eigenvalue weighted by molar-refractivity contribution is 0.587. The van der Waals surface area contributed by atoms with Gasteiger partial charge in [0.2, 0.25) is 0 Å². The largest absolute Gasteiger partial charge is 0.0585 e. The van der Waals surface area contributed by atoms with Crippen LogP contribution in [0.1, 0.15) is 86.9 Å². The minimum atomic E-state index is 0.225. The highest BCUT2D eigenvalue weighted by atomic mass is 14.2. The van der Waals surface area contributed by atoms with E-state index in [0.717, 1.165) is 0 Å². The molecule has 2 aromatic rings. The van der Waals surface area contributed by atoms with Crippen molar-refractivity contribution in [2.45, 2.75) is 91.4 Å². The molecule has 0 bridgehead atoms. The Morgan fingerprint density at radius 1 is 0.615 bits per heavy atom. The summed E-state index contributed by atoms with van der Waals surface area (Å²) < 4.78 is 0. The van der Waals surface area contributed by atoms with Gasteiger partial charge in [0.15, 0.2) is 0 Å². The Morgan fingerprint density at radius 3 is 1.88 bits per heavy atom. The van der Waals surface area contributed by atoms with E-state index >= 15 is 0 Å². The van der Waals surface area contributed by atoms with Crippen molar-refractivity contribution in [2.24, 2.45) is 0 Å². The quantitative estimate of drug-likeness (QED) is 0.487. The van der Waals surface area contributed by atoms with Crippen molar-refractivity contribution < 1.29 is 0 Å². The minimum Gasteiger partial charge on any atom is -0.0585 e. The van der Waals surface area contributed by atoms with Crippen LogP contribution in [0.4, 0.5) is 0 Å². The first kappa shape index (κ1) is 19.2. The van der Waals surface area contributed by atoms with Crippen molar-refractivity contribution in [3.05, 3.63) is 69.3 Å². The molecule has 0 heterocycles. The second-order valence-electron chi connectivity index (χ2n) is 10.3. The van der Waals surface area contributed by atoms with Gasteiger partial charge in [0.05, 0.1) is 0 Å². The van der Waals surface area contributed by atoms with E-state index in [1.54, 1.807) is 22.3 Å². The average Bonchev–Trinajstić information content (AvgIpc) is 2.61. The third-order valence-corrected chi connectivity index (χ3v) is 6.04. The van der Waals surface area contributed by atoms with Crippen LogP contribution in [-0.2, 0) is 36.5 Å². The zero-order valence-corrected chi connectivity index (χ0v) is 17.9. The molecular formula is C26H36. The Labute approximate surface area is 161 Å². The molecule has 0 nitrogen and oxygen atoms in total. The van der Waals surface area contributed by atoms with Crippen molar-refractivity contribution in [1.29, 1.82) is 0 Å². The molecule has 2 aromatic carbocycles. The number of benzene rings is 2. The van der Waals surface area contributed by atoms with Gasteiger partial charge in [-0.05, 0) is 88.8 Å². The van der Waals surface area contributed by atoms with Gasteiger partial charge in [0.1, 0.15) is 0 Å². The average molecular weight is 349 g/mol. The molecule has 1 aliphatic rings. The predicted molar refractivity (Wildman–Crippen MR) is 114 cm³/mol. The topological polar surface area (TPSA) is 0 Å². The first-order valence-corrected chi connectivity index (χ1v) is 10.3. The molecule has 0 fully saturated rings. The highest BCUT2D eigenvalue weighted by Crippen LogP contribution is 2.31. The maximum atomic E-state index is 2.50. The van der Waals surface area contributed by atoms with Gasteiger partial charge < -0.3 is 0 Å². The van der Waals surface area contributed by atoms with Gasteiger partial charge in [-0.15, -0.1) is 0 Å². The molecule has 0 heteroatoms. The highest BCUT2D eigenvalue weighted by molar-refractivity contribution is 5.43. The molecule has 0 aromatic heterocycles. The first-order valence-electron chi connectivity index (χ1n) is 10.3. The molecule has 0 radical (unpaired) electrons. The van der Waals surface area contributed by atoms with E-state index < -0.39 is 0 Å². The molecule has 0 spiro atoms. The van der Waals surface area contributed by atoms with Gasteiger partial charge in [-0.2, -0.15) is 0 Å². The fourth-order valence-electron chi connectivity index (χ4n) is 4.20. The Kier molecular flexibility index (Phi) is 5.08. The predicted octanol–water partition coefficient (Wildman–Crippen LogP) is 6.86. The lowest BCUT2D eigenvalue weighted by Crippen LogP contribution is -2.13. The molecule has 0 unspecified atom stereocenters. The monoisotopic (exact) mass is 348 g/mol. The van der Waals surface area contributed by atoms with Crippen molar-refractivity contribution in [1.82, 2.24) is 0 Å². The summed E-state index contributed by atoms with van der Waals surface area (Å²) in [6.45, 7) is 16.2. The van der Waals surface area contributed by atoms with E-state index in [-0.39, 0.29) is 10.8 Å². The van der Waals surface area contributed by atoms with E-state index in [4.69, 9.17) is 0 Å². The van der Waals surface area contributed by atoms with Gasteiger partial charge in [-0.1, -0.05) is 71.9 Å². The zero-order chi connectivity index (χ0) is 19.1. The summed E-state index contributed by atoms with van der Waals surface area (Å²) in [5.74, 6) is 0. The molecule has 26 heavy (non-hydrogen) atoms. The highest BCUT2D eigenvalue weighted by Gasteiger charge is 2.20. The fraction of sp³-hybridized carbons (Fsp3) is 0.538. The molecule has 3 rings (SSSR count). The summed E-state index contributed by atoms with van der Waals surface area (Å²) in [7, 11) is 0. The summed E-state index contributed by atoms with van der Waals surface area (Å²) >= 11 is 0. The molecule has 0 amide bonds. The smallest absolute Gasteiger partial charge is 0.0132 e. The lowest BCUT2D eigenvalue weighted by atomic mass is 9.82. The van der Waals surface area contributed by atoms with Crippen LogP contribution in [0.25, 0.3) is 0 Å². The van der Waals surface area contributed by atoms with Crippen LogP contribution in [0.5, 0.6) is 0 Å². The molecule has 0 aliphatic heterocycles. The molecule has 0 atom stereocenters. The van der Waals surface area contributed by atoms with Gasteiger partial charge in [0, 0.05) is 0 Å². The third-order valence-electron chi connectivity index (χ3n) is 6.04. The molecule has 140 valence electrons. The van der Waals surface area contributed by atoms with Crippen LogP contribution in [0.15, 0.2) is 30.3 Å². The molecule has 0 N–H and O–H groups in total. The molecule has 0 saturated carbocycles. The Morgan fingerprint density at radius 2 is 1.23 bits per heavy atom. The normalized spacial score (nSPS) is 15.5. The Balaban J connectivity index is 1.96. The van der Waals surface area contributed by atoms with Crippen molar-refractivity contribution in [3.8, 4) is 0 Å². The summed E-state index contributed by atoms with van der Waals surface area (Å²) in [4.78, 5) is 0. The van der Waals surface area contributed by atoms with E-state index in [9.17, 15) is 0 Å². The van der Waals surface area contributed by atoms with Crippen LogP contribution in [0, 0.1) is 6.92 Å². The van der Waals surface area contributed by atoms with Crippen LogP contribution in [-0.4, -0.2) is 0 Å². The van der Waals surface area contributed by atoms with E-state index in [1.807, 2.05) is 0 Å². The standard InChI is InChI=1S/C26H36/c1-18-15-23(26(5,6)7)17-21-10-8-9-20-16-22(25(2,3)4)13-11-19(20)12-14-24(18)21/h11,13,15-17H,8-10,12,14H2,1-7H3. The lowest BCUT2D eigenvalue weighted by Gasteiger charge is -2.23. The maximum Gasteiger partial charge on any atom is -0.0132 e. The molecule has 0 saturated heterocycles. The Hall–Kier alpha value is -1.56. The first-order chi connectivity index (χ1) is 12.1. The number of hydrogen-bond donors (Lipinski definition) is 0. The maximum absolute atomic E-state index is 2.50. The van der Waals surface area contributed by atoms with Crippen molar-refractivity contribution in [2.75, 3.05) is 0 Å². The van der Waals surface area contributed by atoms with Crippen LogP contribution in [0.3, 0.4) is 0 Å². The Bertz CT molecular complexity index is 794. The summed E-state index contributed by atoms with van der Waals surface area (Å²) in [6, 6.07) is 12.2. The van der Waals surface area contributed by atoms with Crippen molar-refractivity contribution >= 4 is 0 Å². The number of rotatable bonds is 0. The van der Waals surface area contributed by atoms with Crippen molar-refractivity contribution in [3.63, 3.8) is 0 Å². The molecular weight excluding hydrogens is 312 g/mol. The second kappa shape index (κ2) is 6.87. The van der Waals surface area contributed by atoms with Gasteiger partial charge in [-0.3, -0.25) is 0 Å². The summed E-state index contributed by atoms with van der Waals surface area (Å²) in [6.07, 6.45) is 6.01. The van der Waals surface area contributed by atoms with Gasteiger partial charge >= 0.3 is 0 Å². The second-order valence-corrected chi connectivity index (χ2v) is 10.3. The zero-order valence-electron chi connectivity index (χ0n) is 17.9. The van der Waals surface area contributed by atoms with Crippen LogP contribution < -0.4 is 0 Å². The third kappa shape index (κ3) is 4.05. The van der Waals surface area contributed by atoms with Crippen LogP contribution in [0.2, 0.25) is 0 Å². The fourth-order valence-corrected chi connectivity index (χ4v) is 4.20. The number of fused-ring (bicyclic) bond motifs is 2. The number of aryl methyl sites for hydroxylation is 4. The van der Waals surface area contributed by atoms with E-state index in [2.05, 4.69) is 78.8 Å².